The van der Waals surface area contributed by atoms with E-state index in [4.69, 9.17) is 5.11 Å². The van der Waals surface area contributed by atoms with Gasteiger partial charge >= 0.3 is 12.0 Å². The third-order valence-corrected chi connectivity index (χ3v) is 4.22. The van der Waals surface area contributed by atoms with Crippen LogP contribution in [0.3, 0.4) is 0 Å². The molecule has 1 saturated carbocycles. The zero-order valence-electron chi connectivity index (χ0n) is 12.2. The highest BCUT2D eigenvalue weighted by atomic mass is 16.4. The molecular weight excluding hydrogens is 244 g/mol. The Balaban J connectivity index is 2.21. The van der Waals surface area contributed by atoms with Gasteiger partial charge in [0.2, 0.25) is 0 Å². The van der Waals surface area contributed by atoms with E-state index in [0.717, 1.165) is 12.3 Å². The molecule has 0 saturated heterocycles. The van der Waals surface area contributed by atoms with Gasteiger partial charge in [0, 0.05) is 13.6 Å². The van der Waals surface area contributed by atoms with Crippen LogP contribution in [0.25, 0.3) is 0 Å². The molecule has 0 aliphatic heterocycles. The summed E-state index contributed by atoms with van der Waals surface area (Å²) in [5.74, 6) is 0.561. The van der Waals surface area contributed by atoms with Gasteiger partial charge in [0.25, 0.3) is 0 Å². The number of nitrogens with zero attached hydrogens (tertiary/aromatic N) is 1. The predicted octanol–water partition coefficient (Wildman–Crippen LogP) is 2.32. The predicted molar refractivity (Wildman–Crippen MR) is 74.0 cm³/mol. The summed E-state index contributed by atoms with van der Waals surface area (Å²) in [6.45, 7) is 4.43. The van der Waals surface area contributed by atoms with Crippen molar-refractivity contribution >= 4 is 12.0 Å². The van der Waals surface area contributed by atoms with Gasteiger partial charge in [0.05, 0.1) is 0 Å². The van der Waals surface area contributed by atoms with Crippen LogP contribution in [-0.4, -0.2) is 41.6 Å². The third-order valence-electron chi connectivity index (χ3n) is 4.22. The minimum absolute atomic E-state index is 0.306. The number of carbonyl (C=O) groups is 2. The second kappa shape index (κ2) is 7.36. The molecule has 1 aliphatic carbocycles. The lowest BCUT2D eigenvalue weighted by molar-refractivity contribution is -0.141. The Bertz CT molecular complexity index is 312. The molecule has 5 heteroatoms. The van der Waals surface area contributed by atoms with Gasteiger partial charge in [0.1, 0.15) is 6.04 Å². The molecule has 0 spiro atoms. The Labute approximate surface area is 115 Å². The van der Waals surface area contributed by atoms with Gasteiger partial charge in [-0.25, -0.2) is 9.59 Å². The Morgan fingerprint density at radius 3 is 2.42 bits per heavy atom. The molecule has 0 aromatic carbocycles. The van der Waals surface area contributed by atoms with Gasteiger partial charge in [-0.1, -0.05) is 32.6 Å². The zero-order valence-corrected chi connectivity index (χ0v) is 12.2. The number of carbonyl (C=O) groups excluding carboxylic acids is 1. The highest BCUT2D eigenvalue weighted by Crippen LogP contribution is 2.29. The summed E-state index contributed by atoms with van der Waals surface area (Å²) in [6, 6.07) is -1.10. The topological polar surface area (TPSA) is 69.6 Å². The lowest BCUT2D eigenvalue weighted by atomic mass is 9.81. The SMILES string of the molecule is CC1CCC(CCNC(=O)N(C)C(C)C(=O)O)CC1. The van der Waals surface area contributed by atoms with Gasteiger partial charge < -0.3 is 15.3 Å². The fourth-order valence-corrected chi connectivity index (χ4v) is 2.47. The zero-order chi connectivity index (χ0) is 14.4. The first-order valence-corrected chi connectivity index (χ1v) is 7.15. The Morgan fingerprint density at radius 1 is 1.32 bits per heavy atom. The molecular formula is C14H26N2O3. The van der Waals surface area contributed by atoms with Crippen molar-refractivity contribution in [3.63, 3.8) is 0 Å². The molecule has 1 fully saturated rings. The molecule has 1 atom stereocenters. The number of hydrogen-bond acceptors (Lipinski definition) is 2. The summed E-state index contributed by atoms with van der Waals surface area (Å²) >= 11 is 0. The number of aliphatic carboxylic acids is 1. The van der Waals surface area contributed by atoms with Gasteiger partial charge in [-0.05, 0) is 25.2 Å². The molecule has 2 amide bonds. The normalized spacial score (nSPS) is 24.6. The molecule has 0 aromatic rings. The first kappa shape index (κ1) is 15.8. The molecule has 0 bridgehead atoms. The molecule has 1 aliphatic rings. The number of urea groups is 1. The summed E-state index contributed by atoms with van der Waals surface area (Å²) < 4.78 is 0. The van der Waals surface area contributed by atoms with E-state index in [2.05, 4.69) is 12.2 Å². The molecule has 1 rings (SSSR count). The molecule has 0 radical (unpaired) electrons. The van der Waals surface area contributed by atoms with E-state index in [1.54, 1.807) is 0 Å². The Morgan fingerprint density at radius 2 is 1.89 bits per heavy atom. The van der Waals surface area contributed by atoms with Crippen LogP contribution < -0.4 is 5.32 Å². The van der Waals surface area contributed by atoms with E-state index in [1.807, 2.05) is 0 Å². The average molecular weight is 270 g/mol. The lowest BCUT2D eigenvalue weighted by Gasteiger charge is -2.27. The maximum absolute atomic E-state index is 11.7. The summed E-state index contributed by atoms with van der Waals surface area (Å²) in [4.78, 5) is 23.7. The van der Waals surface area contributed by atoms with Crippen LogP contribution in [0.15, 0.2) is 0 Å². The Kier molecular flexibility index (Phi) is 6.12. The van der Waals surface area contributed by atoms with Crippen LogP contribution in [0.4, 0.5) is 4.79 Å². The standard InChI is InChI=1S/C14H26N2O3/c1-10-4-6-12(7-5-10)8-9-15-14(19)16(3)11(2)13(17)18/h10-12H,4-9H2,1-3H3,(H,15,19)(H,17,18). The second-order valence-corrected chi connectivity index (χ2v) is 5.77. The number of carboxylic acid groups (broad SMARTS) is 1. The summed E-state index contributed by atoms with van der Waals surface area (Å²) in [5.41, 5.74) is 0. The van der Waals surface area contributed by atoms with E-state index in [9.17, 15) is 9.59 Å². The fraction of sp³-hybridized carbons (Fsp3) is 0.857. The lowest BCUT2D eigenvalue weighted by Crippen LogP contribution is -2.46. The quantitative estimate of drug-likeness (QED) is 0.805. The number of rotatable bonds is 5. The van der Waals surface area contributed by atoms with E-state index in [1.165, 1.54) is 44.6 Å². The highest BCUT2D eigenvalue weighted by Gasteiger charge is 2.22. The summed E-state index contributed by atoms with van der Waals surface area (Å²) in [5, 5.41) is 11.6. The van der Waals surface area contributed by atoms with Crippen molar-refractivity contribution in [1.82, 2.24) is 10.2 Å². The molecule has 0 heterocycles. The first-order valence-electron chi connectivity index (χ1n) is 7.15. The molecule has 19 heavy (non-hydrogen) atoms. The van der Waals surface area contributed by atoms with Crippen LogP contribution in [-0.2, 0) is 4.79 Å². The van der Waals surface area contributed by atoms with Gasteiger partial charge in [-0.2, -0.15) is 0 Å². The van der Waals surface area contributed by atoms with E-state index >= 15 is 0 Å². The maximum Gasteiger partial charge on any atom is 0.326 e. The van der Waals surface area contributed by atoms with E-state index in [0.29, 0.717) is 12.5 Å². The molecule has 2 N–H and O–H groups in total. The third kappa shape index (κ3) is 5.09. The van der Waals surface area contributed by atoms with Gasteiger partial charge in [-0.15, -0.1) is 0 Å². The number of nitrogens with one attached hydrogen (secondary N) is 1. The molecule has 110 valence electrons. The van der Waals surface area contributed by atoms with Gasteiger partial charge in [0.15, 0.2) is 0 Å². The second-order valence-electron chi connectivity index (χ2n) is 5.77. The number of amides is 2. The van der Waals surface area contributed by atoms with Crippen LogP contribution >= 0.6 is 0 Å². The molecule has 1 unspecified atom stereocenters. The van der Waals surface area contributed by atoms with Crippen LogP contribution in [0.1, 0.15) is 46.0 Å². The van der Waals surface area contributed by atoms with Gasteiger partial charge in [-0.3, -0.25) is 0 Å². The van der Waals surface area contributed by atoms with Crippen molar-refractivity contribution in [3.8, 4) is 0 Å². The fourth-order valence-electron chi connectivity index (χ4n) is 2.47. The monoisotopic (exact) mass is 270 g/mol. The smallest absolute Gasteiger partial charge is 0.326 e. The van der Waals surface area contributed by atoms with E-state index in [-0.39, 0.29) is 6.03 Å². The number of likely N-dealkylation sites (N-methyl/N-ethyl adjacent to an activating group) is 1. The largest absolute Gasteiger partial charge is 0.480 e. The van der Waals surface area contributed by atoms with Crippen molar-refractivity contribution in [2.24, 2.45) is 11.8 Å². The minimum Gasteiger partial charge on any atom is -0.480 e. The average Bonchev–Trinajstić information content (AvgIpc) is 2.39. The number of hydrogen-bond donors (Lipinski definition) is 2. The van der Waals surface area contributed by atoms with Crippen molar-refractivity contribution < 1.29 is 14.7 Å². The van der Waals surface area contributed by atoms with Crippen molar-refractivity contribution in [2.75, 3.05) is 13.6 Å². The van der Waals surface area contributed by atoms with Crippen LogP contribution in [0.2, 0.25) is 0 Å². The summed E-state index contributed by atoms with van der Waals surface area (Å²) in [6.07, 6.45) is 6.06. The highest BCUT2D eigenvalue weighted by molar-refractivity contribution is 5.82. The van der Waals surface area contributed by atoms with Crippen LogP contribution in [0, 0.1) is 11.8 Å². The number of carboxylic acids is 1. The van der Waals surface area contributed by atoms with Crippen molar-refractivity contribution in [2.45, 2.75) is 52.0 Å². The van der Waals surface area contributed by atoms with Crippen molar-refractivity contribution in [3.05, 3.63) is 0 Å². The van der Waals surface area contributed by atoms with Crippen LogP contribution in [0.5, 0.6) is 0 Å². The van der Waals surface area contributed by atoms with Crippen molar-refractivity contribution in [1.29, 1.82) is 0 Å². The first-order chi connectivity index (χ1) is 8.91. The summed E-state index contributed by atoms with van der Waals surface area (Å²) in [7, 11) is 1.51. The van der Waals surface area contributed by atoms with E-state index < -0.39 is 12.0 Å². The molecule has 5 nitrogen and oxygen atoms in total. The minimum atomic E-state index is -0.987. The maximum atomic E-state index is 11.7. The molecule has 0 aromatic heterocycles. The Hall–Kier alpha value is -1.26.